The number of ether oxygens (including phenoxy) is 4. The number of carbonyl (C=O) groups excluding carboxylic acids is 5. The predicted molar refractivity (Wildman–Crippen MR) is 81.7 cm³/mol. The van der Waals surface area contributed by atoms with E-state index in [0.29, 0.717) is 0 Å². The summed E-state index contributed by atoms with van der Waals surface area (Å²) in [6, 6.07) is 0. The third-order valence-corrected chi connectivity index (χ3v) is 2.57. The summed E-state index contributed by atoms with van der Waals surface area (Å²) in [5, 5.41) is 0. The Bertz CT molecular complexity index is 584. The quantitative estimate of drug-likeness (QED) is 0.254. The molecule has 0 aromatic heterocycles. The maximum atomic E-state index is 11.4. The molecule has 0 aliphatic heterocycles. The van der Waals surface area contributed by atoms with Gasteiger partial charge in [0.05, 0.1) is 0 Å². The fourth-order valence-electron chi connectivity index (χ4n) is 1.87. The summed E-state index contributed by atoms with van der Waals surface area (Å²) in [6.07, 6.45) is -5.80. The summed E-state index contributed by atoms with van der Waals surface area (Å²) in [5.74, 6) is 1.73. The molecule has 0 fully saturated rings. The Morgan fingerprint density at radius 3 is 1.56 bits per heavy atom. The lowest BCUT2D eigenvalue weighted by atomic mass is 10.0. The van der Waals surface area contributed by atoms with Crippen molar-refractivity contribution in [2.45, 2.75) is 59.0 Å². The molecule has 0 saturated heterocycles. The Morgan fingerprint density at radius 1 is 0.760 bits per heavy atom. The van der Waals surface area contributed by atoms with Crippen molar-refractivity contribution in [2.24, 2.45) is 0 Å². The molecule has 0 spiro atoms. The van der Waals surface area contributed by atoms with E-state index < -0.39 is 48.3 Å². The Hall–Kier alpha value is -2.89. The molecule has 0 aromatic carbocycles. The zero-order valence-corrected chi connectivity index (χ0v) is 14.6. The normalized spacial score (nSPS) is 14.4. The molecule has 9 nitrogen and oxygen atoms in total. The number of esters is 4. The fraction of sp³-hybridized carbons (Fsp3) is 0.562. The zero-order chi connectivity index (χ0) is 19.6. The van der Waals surface area contributed by atoms with Gasteiger partial charge in [0.15, 0.2) is 24.6 Å². The van der Waals surface area contributed by atoms with Crippen molar-refractivity contribution in [1.82, 2.24) is 0 Å². The third kappa shape index (κ3) is 8.50. The van der Waals surface area contributed by atoms with E-state index in [1.807, 2.05) is 0 Å². The molecule has 25 heavy (non-hydrogen) atoms. The molecule has 0 saturated carbocycles. The number of aldehydes is 1. The summed E-state index contributed by atoms with van der Waals surface area (Å²) in [6.45, 7) is 5.67. The van der Waals surface area contributed by atoms with Crippen molar-refractivity contribution in [3.63, 3.8) is 0 Å². The van der Waals surface area contributed by atoms with Gasteiger partial charge in [-0.3, -0.25) is 24.0 Å². The molecule has 0 heterocycles. The Balaban J connectivity index is 6.00. The van der Waals surface area contributed by atoms with E-state index >= 15 is 0 Å². The van der Waals surface area contributed by atoms with Crippen molar-refractivity contribution < 1.29 is 42.9 Å². The van der Waals surface area contributed by atoms with Crippen molar-refractivity contribution in [2.75, 3.05) is 0 Å². The van der Waals surface area contributed by atoms with Gasteiger partial charge in [-0.05, 0) is 6.92 Å². The van der Waals surface area contributed by atoms with Crippen LogP contribution in [0, 0.1) is 11.8 Å². The van der Waals surface area contributed by atoms with Gasteiger partial charge in [-0.2, -0.15) is 0 Å². The fourth-order valence-corrected chi connectivity index (χ4v) is 1.87. The molecular weight excluding hydrogens is 336 g/mol. The van der Waals surface area contributed by atoms with E-state index in [-0.39, 0.29) is 6.29 Å². The number of hydrogen-bond donors (Lipinski definition) is 0. The molecule has 0 N–H and O–H groups in total. The summed E-state index contributed by atoms with van der Waals surface area (Å²) in [4.78, 5) is 56.6. The van der Waals surface area contributed by atoms with Crippen molar-refractivity contribution in [3.8, 4) is 11.8 Å². The summed E-state index contributed by atoms with van der Waals surface area (Å²) in [7, 11) is 0. The minimum Gasteiger partial charge on any atom is -0.454 e. The molecule has 0 aromatic rings. The summed E-state index contributed by atoms with van der Waals surface area (Å²) >= 11 is 0. The van der Waals surface area contributed by atoms with Gasteiger partial charge >= 0.3 is 23.9 Å². The van der Waals surface area contributed by atoms with Crippen LogP contribution in [-0.2, 0) is 42.9 Å². The SMILES string of the molecule is CC#CC(OC(C)=O)[C@@H](OC(C)=O)[C@@H](OC(C)=O)[C@@H](C=O)OC(C)=O. The average molecular weight is 356 g/mol. The molecule has 0 amide bonds. The van der Waals surface area contributed by atoms with Crippen LogP contribution < -0.4 is 0 Å². The lowest BCUT2D eigenvalue weighted by molar-refractivity contribution is -0.192. The molecule has 0 radical (unpaired) electrons. The highest BCUT2D eigenvalue weighted by atomic mass is 16.6. The Kier molecular flexibility index (Phi) is 9.56. The molecule has 0 aliphatic carbocycles. The number of rotatable bonds is 8. The lowest BCUT2D eigenvalue weighted by Crippen LogP contribution is -2.51. The number of carbonyl (C=O) groups is 5. The van der Waals surface area contributed by atoms with Crippen LogP contribution in [-0.4, -0.2) is 54.6 Å². The minimum absolute atomic E-state index is 0.204. The maximum Gasteiger partial charge on any atom is 0.304 e. The van der Waals surface area contributed by atoms with Crippen molar-refractivity contribution >= 4 is 30.2 Å². The van der Waals surface area contributed by atoms with Gasteiger partial charge in [0.2, 0.25) is 6.10 Å². The highest BCUT2D eigenvalue weighted by Gasteiger charge is 2.42. The molecule has 0 rings (SSSR count). The highest BCUT2D eigenvalue weighted by Crippen LogP contribution is 2.18. The average Bonchev–Trinajstić information content (AvgIpc) is 2.47. The molecule has 0 aliphatic rings. The topological polar surface area (TPSA) is 122 Å². The molecule has 138 valence electrons. The first-order chi connectivity index (χ1) is 11.6. The standard InChI is InChI=1S/C16H20O9/c1-6-7-13(22-9(2)18)15(24-11(4)20)16(25-12(5)21)14(8-17)23-10(3)19/h8,13-16H,1-5H3/t13?,14-,15-,16+/m1/s1. The largest absolute Gasteiger partial charge is 0.454 e. The van der Waals surface area contributed by atoms with Gasteiger partial charge in [0, 0.05) is 27.7 Å². The molecule has 0 bridgehead atoms. The first-order valence-corrected chi connectivity index (χ1v) is 7.18. The summed E-state index contributed by atoms with van der Waals surface area (Å²) in [5.41, 5.74) is 0. The lowest BCUT2D eigenvalue weighted by Gasteiger charge is -2.31. The van der Waals surface area contributed by atoms with Gasteiger partial charge in [-0.1, -0.05) is 5.92 Å². The first-order valence-electron chi connectivity index (χ1n) is 7.18. The second-order valence-corrected chi connectivity index (χ2v) is 4.78. The smallest absolute Gasteiger partial charge is 0.304 e. The molecule has 1 unspecified atom stereocenters. The number of hydrogen-bond acceptors (Lipinski definition) is 9. The van der Waals surface area contributed by atoms with Gasteiger partial charge in [-0.15, -0.1) is 5.92 Å². The van der Waals surface area contributed by atoms with Crippen LogP contribution >= 0.6 is 0 Å². The molecule has 4 atom stereocenters. The monoisotopic (exact) mass is 356 g/mol. The van der Waals surface area contributed by atoms with Crippen LogP contribution in [0.2, 0.25) is 0 Å². The van der Waals surface area contributed by atoms with E-state index in [9.17, 15) is 24.0 Å². The van der Waals surface area contributed by atoms with Crippen LogP contribution in [0.4, 0.5) is 0 Å². The van der Waals surface area contributed by atoms with Gasteiger partial charge in [0.25, 0.3) is 0 Å². The van der Waals surface area contributed by atoms with E-state index in [0.717, 1.165) is 27.7 Å². The molecule has 9 heteroatoms. The second kappa shape index (κ2) is 10.8. The van der Waals surface area contributed by atoms with Crippen LogP contribution in [0.3, 0.4) is 0 Å². The zero-order valence-electron chi connectivity index (χ0n) is 14.6. The highest BCUT2D eigenvalue weighted by molar-refractivity contribution is 5.72. The minimum atomic E-state index is -1.59. The van der Waals surface area contributed by atoms with E-state index in [1.165, 1.54) is 6.92 Å². The van der Waals surface area contributed by atoms with E-state index in [4.69, 9.17) is 18.9 Å². The Labute approximate surface area is 144 Å². The van der Waals surface area contributed by atoms with Crippen LogP contribution in [0.25, 0.3) is 0 Å². The van der Waals surface area contributed by atoms with Gasteiger partial charge < -0.3 is 18.9 Å². The summed E-state index contributed by atoms with van der Waals surface area (Å²) < 4.78 is 19.8. The maximum absolute atomic E-state index is 11.4. The van der Waals surface area contributed by atoms with Crippen molar-refractivity contribution in [1.29, 1.82) is 0 Å². The third-order valence-electron chi connectivity index (χ3n) is 2.57. The predicted octanol–water partition coefficient (Wildman–Crippen LogP) is -0.0646. The van der Waals surface area contributed by atoms with Crippen LogP contribution in [0.1, 0.15) is 34.6 Å². The molecular formula is C16H20O9. The first kappa shape index (κ1) is 22.1. The van der Waals surface area contributed by atoms with Crippen molar-refractivity contribution in [3.05, 3.63) is 0 Å². The van der Waals surface area contributed by atoms with Crippen LogP contribution in [0.15, 0.2) is 0 Å². The van der Waals surface area contributed by atoms with E-state index in [2.05, 4.69) is 11.8 Å². The van der Waals surface area contributed by atoms with Gasteiger partial charge in [0.1, 0.15) is 0 Å². The van der Waals surface area contributed by atoms with E-state index in [1.54, 1.807) is 0 Å². The Morgan fingerprint density at radius 2 is 1.20 bits per heavy atom. The second-order valence-electron chi connectivity index (χ2n) is 4.78. The van der Waals surface area contributed by atoms with Gasteiger partial charge in [-0.25, -0.2) is 0 Å². The van der Waals surface area contributed by atoms with Crippen LogP contribution in [0.5, 0.6) is 0 Å².